The van der Waals surface area contributed by atoms with Crippen LogP contribution < -0.4 is 14.5 Å². The van der Waals surface area contributed by atoms with Gasteiger partial charge in [0.05, 0.1) is 41.5 Å². The van der Waals surface area contributed by atoms with E-state index in [4.69, 9.17) is 9.72 Å². The highest BCUT2D eigenvalue weighted by atomic mass is 28.3. The van der Waals surface area contributed by atoms with Crippen molar-refractivity contribution in [1.29, 1.82) is 0 Å². The second-order valence-electron chi connectivity index (χ2n) is 21.2. The van der Waals surface area contributed by atoms with Crippen molar-refractivity contribution in [1.82, 2.24) is 14.1 Å². The summed E-state index contributed by atoms with van der Waals surface area (Å²) < 4.78 is 13.8. The molecule has 3 aromatic heterocycles. The lowest BCUT2D eigenvalue weighted by Gasteiger charge is -2.35. The van der Waals surface area contributed by atoms with Crippen molar-refractivity contribution < 1.29 is 9.30 Å². The zero-order valence-electron chi connectivity index (χ0n) is 40.5. The van der Waals surface area contributed by atoms with Crippen LogP contribution >= 0.6 is 0 Å². The summed E-state index contributed by atoms with van der Waals surface area (Å²) in [6.07, 6.45) is 11.2. The van der Waals surface area contributed by atoms with Gasteiger partial charge in [-0.05, 0) is 116 Å². The van der Waals surface area contributed by atoms with Gasteiger partial charge < -0.3 is 4.74 Å². The van der Waals surface area contributed by atoms with Gasteiger partial charge in [0.2, 0.25) is 0 Å². The molecule has 71 heavy (non-hydrogen) atoms. The summed E-state index contributed by atoms with van der Waals surface area (Å²) in [5.74, 6) is 2.40. The first kappa shape index (κ1) is 42.1. The first-order valence-electron chi connectivity index (χ1n) is 25.5. The predicted octanol–water partition coefficient (Wildman–Crippen LogP) is 15.7. The Morgan fingerprint density at radius 1 is 0.549 bits per heavy atom. The zero-order valence-corrected chi connectivity index (χ0v) is 41.5. The van der Waals surface area contributed by atoms with Gasteiger partial charge >= 0.3 is 0 Å². The molecule has 1 saturated heterocycles. The lowest BCUT2D eigenvalue weighted by molar-refractivity contribution is -0.570. The number of benzene rings is 8. The molecule has 0 N–H and O–H groups in total. The van der Waals surface area contributed by atoms with Crippen LogP contribution in [-0.2, 0) is 11.8 Å². The van der Waals surface area contributed by atoms with E-state index in [0.29, 0.717) is 0 Å². The average molecular weight is 935 g/mol. The molecule has 6 heterocycles. The Labute approximate surface area is 416 Å². The number of pyridine rings is 1. The van der Waals surface area contributed by atoms with E-state index >= 15 is 0 Å². The molecule has 0 amide bonds. The van der Waals surface area contributed by atoms with Crippen molar-refractivity contribution >= 4 is 46.1 Å². The molecule has 0 radical (unpaired) electrons. The lowest BCUT2D eigenvalue weighted by Crippen LogP contribution is -2.49. The predicted molar refractivity (Wildman–Crippen MR) is 294 cm³/mol. The van der Waals surface area contributed by atoms with E-state index in [2.05, 4.69) is 223 Å². The molecule has 0 unspecified atom stereocenters. The first-order valence-corrected chi connectivity index (χ1v) is 28.2. The summed E-state index contributed by atoms with van der Waals surface area (Å²) in [4.78, 5) is 4.92. The van der Waals surface area contributed by atoms with Crippen LogP contribution in [0.15, 0.2) is 188 Å². The monoisotopic (exact) mass is 934 g/mol. The van der Waals surface area contributed by atoms with Gasteiger partial charge in [0.25, 0.3) is 6.33 Å². The summed E-state index contributed by atoms with van der Waals surface area (Å²) in [6, 6.07) is 71.3. The van der Waals surface area contributed by atoms with Crippen LogP contribution in [0.2, 0.25) is 18.1 Å². The van der Waals surface area contributed by atoms with Gasteiger partial charge in [-0.3, -0.25) is 13.7 Å². The standard InChI is InChI=1S/C65H54N4OSi/c1-65(2,3)45-32-33-66-62(38-45)69-58-28-10-9-24-52(58)53-31-30-48(40-60(53)69)70-47-21-13-20-46(39-47)67-42-68-63-49(43-17-5-4-6-18-43)25-14-26-55(63)56-37-44-19-16-36-71(34-11-12-35-71)61(44)41-57(56)51-23-8-7-22-50(51)54-27-15-29-59(67)64(54)68/h4-10,13-15,17-18,20-33,37-41H,11-12,16,19,34-36H2,1-3H3. The van der Waals surface area contributed by atoms with Crippen molar-refractivity contribution in [3.8, 4) is 73.2 Å². The minimum atomic E-state index is -1.56. The molecule has 6 heteroatoms. The van der Waals surface area contributed by atoms with Gasteiger partial charge in [-0.1, -0.05) is 191 Å². The minimum Gasteiger partial charge on any atom is -0.458 e. The van der Waals surface area contributed by atoms with Crippen molar-refractivity contribution in [3.05, 3.63) is 206 Å². The molecule has 0 atom stereocenters. The van der Waals surface area contributed by atoms with Gasteiger partial charge in [-0.2, -0.15) is 0 Å². The highest BCUT2D eigenvalue weighted by Gasteiger charge is 2.42. The molecule has 3 aliphatic heterocycles. The van der Waals surface area contributed by atoms with Gasteiger partial charge in [-0.25, -0.2) is 4.98 Å². The van der Waals surface area contributed by atoms with Gasteiger partial charge in [-0.15, -0.1) is 0 Å². The van der Waals surface area contributed by atoms with E-state index in [1.54, 1.807) is 10.8 Å². The molecule has 1 spiro atoms. The third-order valence-corrected chi connectivity index (χ3v) is 21.6. The van der Waals surface area contributed by atoms with Crippen LogP contribution in [0.4, 0.5) is 0 Å². The van der Waals surface area contributed by atoms with E-state index in [9.17, 15) is 0 Å². The molecule has 11 aromatic rings. The fourth-order valence-corrected chi connectivity index (χ4v) is 18.3. The highest BCUT2D eigenvalue weighted by Crippen LogP contribution is 2.48. The van der Waals surface area contributed by atoms with Crippen LogP contribution in [0.25, 0.3) is 94.5 Å². The van der Waals surface area contributed by atoms with E-state index in [1.165, 1.54) is 92.9 Å². The zero-order chi connectivity index (χ0) is 47.4. The molecule has 0 aliphatic carbocycles. The smallest absolute Gasteiger partial charge is 0.269 e. The maximum absolute atomic E-state index is 6.89. The van der Waals surface area contributed by atoms with E-state index < -0.39 is 8.07 Å². The maximum Gasteiger partial charge on any atom is 0.269 e. The normalized spacial score (nSPS) is 14.7. The molecule has 3 aliphatic rings. The largest absolute Gasteiger partial charge is 0.458 e. The van der Waals surface area contributed by atoms with Gasteiger partial charge in [0.15, 0.2) is 0 Å². The third kappa shape index (κ3) is 6.72. The third-order valence-electron chi connectivity index (χ3n) is 16.1. The number of hydrogen-bond donors (Lipinski definition) is 0. The minimum absolute atomic E-state index is 0.0165. The quantitative estimate of drug-likeness (QED) is 0.0979. The molecular formula is C65H54N4OSi. The Hall–Kier alpha value is -7.80. The van der Waals surface area contributed by atoms with Crippen molar-refractivity contribution in [2.45, 2.75) is 70.0 Å². The molecule has 14 rings (SSSR count). The second-order valence-corrected chi connectivity index (χ2v) is 25.8. The van der Waals surface area contributed by atoms with E-state index in [0.717, 1.165) is 62.6 Å². The van der Waals surface area contributed by atoms with Crippen LogP contribution in [0.1, 0.15) is 51.2 Å². The fourth-order valence-electron chi connectivity index (χ4n) is 12.7. The highest BCUT2D eigenvalue weighted by molar-refractivity contribution is 6.93. The molecule has 5 nitrogen and oxygen atoms in total. The number of fused-ring (bicyclic) bond motifs is 12. The Morgan fingerprint density at radius 2 is 1.23 bits per heavy atom. The topological polar surface area (TPSA) is 35.9 Å². The molecule has 8 aromatic carbocycles. The van der Waals surface area contributed by atoms with Gasteiger partial charge in [0, 0.05) is 23.0 Å². The van der Waals surface area contributed by atoms with Crippen LogP contribution in [0.5, 0.6) is 11.5 Å². The van der Waals surface area contributed by atoms with Crippen LogP contribution in [0, 0.1) is 6.33 Å². The Balaban J connectivity index is 0.954. The number of aromatic nitrogens is 4. The van der Waals surface area contributed by atoms with Gasteiger partial charge in [0.1, 0.15) is 17.3 Å². The molecule has 344 valence electrons. The fraction of sp³-hybridized carbons (Fsp3) is 0.169. The number of hydrogen-bond acceptors (Lipinski definition) is 2. The summed E-state index contributed by atoms with van der Waals surface area (Å²) in [5, 5.41) is 4.08. The second kappa shape index (κ2) is 16.1. The summed E-state index contributed by atoms with van der Waals surface area (Å²) in [5.41, 5.74) is 19.3. The summed E-state index contributed by atoms with van der Waals surface area (Å²) >= 11 is 0. The number of aryl methyl sites for hydroxylation is 1. The Bertz CT molecular complexity index is 3940. The molecule has 0 bridgehead atoms. The number of nitrogens with zero attached hydrogens (tertiary/aromatic N) is 4. The number of para-hydroxylation sites is 3. The number of ether oxygens (including phenoxy) is 1. The van der Waals surface area contributed by atoms with Crippen molar-refractivity contribution in [3.63, 3.8) is 0 Å². The average Bonchev–Trinajstić information content (AvgIpc) is 4.13. The van der Waals surface area contributed by atoms with Crippen LogP contribution in [-0.4, -0.2) is 22.2 Å². The molecular weight excluding hydrogens is 881 g/mol. The van der Waals surface area contributed by atoms with Crippen LogP contribution in [0.3, 0.4) is 0 Å². The summed E-state index contributed by atoms with van der Waals surface area (Å²) in [6.45, 7) is 6.74. The summed E-state index contributed by atoms with van der Waals surface area (Å²) in [7, 11) is -1.56. The van der Waals surface area contributed by atoms with Crippen molar-refractivity contribution in [2.24, 2.45) is 0 Å². The Kier molecular flexibility index (Phi) is 9.56. The lowest BCUT2D eigenvalue weighted by atomic mass is 9.86. The maximum atomic E-state index is 6.89. The Morgan fingerprint density at radius 3 is 2.08 bits per heavy atom. The van der Waals surface area contributed by atoms with E-state index in [-0.39, 0.29) is 5.41 Å². The molecule has 1 fully saturated rings. The molecule has 0 saturated carbocycles. The van der Waals surface area contributed by atoms with E-state index in [1.807, 2.05) is 6.20 Å². The van der Waals surface area contributed by atoms with Crippen molar-refractivity contribution in [2.75, 3.05) is 0 Å². The number of imidazole rings is 1. The first-order chi connectivity index (χ1) is 34.8. The SMILES string of the molecule is CC(C)(C)c1ccnc(-n2c3ccccc3c3ccc(Oc4cccc(-n5[c-][n+]6c7c(cccc75)-c5ccccc5-c5cc7c(cc5-c5cccc(-c8ccccc8)c5-6)CCC[Si]75CCCC5)c4)cc32)c1. The number of rotatable bonds is 5.